The number of fused-ring (bicyclic) bond motifs is 1. The lowest BCUT2D eigenvalue weighted by Gasteiger charge is -2.02. The molecule has 0 radical (unpaired) electrons. The van der Waals surface area contributed by atoms with Crippen molar-refractivity contribution in [2.24, 2.45) is 0 Å². The topological polar surface area (TPSA) is 40.2 Å². The zero-order valence-electron chi connectivity index (χ0n) is 10.9. The second-order valence-corrected chi connectivity index (χ2v) is 4.56. The molecule has 1 aromatic carbocycles. The second kappa shape index (κ2) is 5.18. The molecule has 19 heavy (non-hydrogen) atoms. The highest BCUT2D eigenvalue weighted by atomic mass is 16.7. The van der Waals surface area contributed by atoms with Crippen LogP contribution >= 0.6 is 0 Å². The molecule has 4 heteroatoms. The minimum atomic E-state index is 0.387. The van der Waals surface area contributed by atoms with Gasteiger partial charge < -0.3 is 9.36 Å². The van der Waals surface area contributed by atoms with E-state index in [1.54, 1.807) is 4.73 Å². The first-order valence-corrected chi connectivity index (χ1v) is 6.49. The zero-order valence-corrected chi connectivity index (χ0v) is 10.9. The van der Waals surface area contributed by atoms with Gasteiger partial charge in [0.15, 0.2) is 12.4 Å². The van der Waals surface area contributed by atoms with Gasteiger partial charge in [0.1, 0.15) is 0 Å². The average Bonchev–Trinajstić information content (AvgIpc) is 3.02. The Balaban J connectivity index is 1.67. The number of benzene rings is 1. The number of hydrogen-bond donors (Lipinski definition) is 0. The molecular formula is C15H16N2O2. The van der Waals surface area contributed by atoms with Gasteiger partial charge in [-0.2, -0.15) is 4.73 Å². The van der Waals surface area contributed by atoms with Crippen molar-refractivity contribution in [3.8, 4) is 0 Å². The summed E-state index contributed by atoms with van der Waals surface area (Å²) >= 11 is 0. The Hall–Kier alpha value is -2.23. The molecule has 0 aliphatic carbocycles. The van der Waals surface area contributed by atoms with E-state index in [1.807, 2.05) is 30.6 Å². The first kappa shape index (κ1) is 11.8. The van der Waals surface area contributed by atoms with Gasteiger partial charge in [-0.3, -0.25) is 0 Å². The molecule has 0 aliphatic rings. The molecule has 0 bridgehead atoms. The molecule has 2 aromatic heterocycles. The van der Waals surface area contributed by atoms with Gasteiger partial charge in [-0.1, -0.05) is 42.8 Å². The van der Waals surface area contributed by atoms with Crippen LogP contribution in [0.15, 0.2) is 47.2 Å². The summed E-state index contributed by atoms with van der Waals surface area (Å²) in [6.45, 7) is 2.51. The second-order valence-electron chi connectivity index (χ2n) is 4.56. The minimum Gasteiger partial charge on any atom is -0.406 e. The molecule has 0 spiro atoms. The SMILES string of the molecule is CCCc1cc(COn2cc3ccccc3c2)on1. The molecule has 0 saturated heterocycles. The number of aryl methyl sites for hydroxylation is 1. The van der Waals surface area contributed by atoms with Crippen LogP contribution in [0.3, 0.4) is 0 Å². The van der Waals surface area contributed by atoms with Gasteiger partial charge in [0.2, 0.25) is 0 Å². The molecule has 4 nitrogen and oxygen atoms in total. The molecule has 98 valence electrons. The Labute approximate surface area is 111 Å². The fourth-order valence-electron chi connectivity index (χ4n) is 2.07. The Kier molecular flexibility index (Phi) is 3.23. The van der Waals surface area contributed by atoms with Crippen LogP contribution in [0, 0.1) is 0 Å². The highest BCUT2D eigenvalue weighted by Gasteiger charge is 2.05. The zero-order chi connectivity index (χ0) is 13.1. The Morgan fingerprint density at radius 1 is 1.21 bits per heavy atom. The highest BCUT2D eigenvalue weighted by molar-refractivity contribution is 5.81. The molecule has 0 fully saturated rings. The molecule has 2 heterocycles. The normalized spacial score (nSPS) is 11.0. The number of hydrogen-bond acceptors (Lipinski definition) is 3. The number of rotatable bonds is 5. The maximum atomic E-state index is 5.65. The van der Waals surface area contributed by atoms with E-state index in [0.29, 0.717) is 6.61 Å². The van der Waals surface area contributed by atoms with E-state index < -0.39 is 0 Å². The van der Waals surface area contributed by atoms with E-state index in [2.05, 4.69) is 24.2 Å². The van der Waals surface area contributed by atoms with Crippen molar-refractivity contribution in [3.63, 3.8) is 0 Å². The average molecular weight is 256 g/mol. The predicted molar refractivity (Wildman–Crippen MR) is 72.7 cm³/mol. The van der Waals surface area contributed by atoms with Crippen molar-refractivity contribution in [1.82, 2.24) is 9.89 Å². The number of nitrogens with zero attached hydrogens (tertiary/aromatic N) is 2. The van der Waals surface area contributed by atoms with Crippen molar-refractivity contribution < 1.29 is 9.36 Å². The molecule has 0 unspecified atom stereocenters. The Morgan fingerprint density at radius 2 is 1.95 bits per heavy atom. The smallest absolute Gasteiger partial charge is 0.177 e. The molecule has 0 saturated carbocycles. The highest BCUT2D eigenvalue weighted by Crippen LogP contribution is 2.14. The molecule has 0 atom stereocenters. The third kappa shape index (κ3) is 2.62. The van der Waals surface area contributed by atoms with Crippen LogP contribution in [0.2, 0.25) is 0 Å². The molecular weight excluding hydrogens is 240 g/mol. The van der Waals surface area contributed by atoms with E-state index in [-0.39, 0.29) is 0 Å². The summed E-state index contributed by atoms with van der Waals surface area (Å²) in [6, 6.07) is 10.1. The van der Waals surface area contributed by atoms with Crippen molar-refractivity contribution in [1.29, 1.82) is 0 Å². The summed E-state index contributed by atoms with van der Waals surface area (Å²) < 4.78 is 6.94. The Bertz CT molecular complexity index is 636. The van der Waals surface area contributed by atoms with Crippen LogP contribution in [0.5, 0.6) is 0 Å². The monoisotopic (exact) mass is 256 g/mol. The lowest BCUT2D eigenvalue weighted by Crippen LogP contribution is -2.07. The molecule has 0 N–H and O–H groups in total. The van der Waals surface area contributed by atoms with Gasteiger partial charge in [0.05, 0.1) is 18.1 Å². The summed E-state index contributed by atoms with van der Waals surface area (Å²) in [6.07, 6.45) is 5.92. The first-order chi connectivity index (χ1) is 9.35. The molecule has 0 amide bonds. The van der Waals surface area contributed by atoms with Gasteiger partial charge in [-0.15, -0.1) is 0 Å². The van der Waals surface area contributed by atoms with Gasteiger partial charge in [-0.25, -0.2) is 0 Å². The maximum absolute atomic E-state index is 5.65. The van der Waals surface area contributed by atoms with Crippen molar-refractivity contribution in [2.75, 3.05) is 0 Å². The van der Waals surface area contributed by atoms with E-state index in [1.165, 1.54) is 0 Å². The lowest BCUT2D eigenvalue weighted by atomic mass is 10.2. The van der Waals surface area contributed by atoms with E-state index in [4.69, 9.17) is 9.36 Å². The summed E-state index contributed by atoms with van der Waals surface area (Å²) in [4.78, 5) is 5.65. The van der Waals surface area contributed by atoms with Crippen LogP contribution in [0.4, 0.5) is 0 Å². The van der Waals surface area contributed by atoms with Crippen LogP contribution < -0.4 is 4.84 Å². The molecule has 3 rings (SSSR count). The fourth-order valence-corrected chi connectivity index (χ4v) is 2.07. The number of aromatic nitrogens is 2. The maximum Gasteiger partial charge on any atom is 0.177 e. The predicted octanol–water partition coefficient (Wildman–Crippen LogP) is 3.21. The van der Waals surface area contributed by atoms with Gasteiger partial charge >= 0.3 is 0 Å². The largest absolute Gasteiger partial charge is 0.406 e. The quantitative estimate of drug-likeness (QED) is 0.703. The van der Waals surface area contributed by atoms with Gasteiger partial charge in [-0.05, 0) is 6.42 Å². The summed E-state index contributed by atoms with van der Waals surface area (Å²) in [7, 11) is 0. The van der Waals surface area contributed by atoms with Gasteiger partial charge in [0, 0.05) is 16.8 Å². The van der Waals surface area contributed by atoms with Crippen molar-refractivity contribution in [3.05, 3.63) is 54.2 Å². The van der Waals surface area contributed by atoms with Gasteiger partial charge in [0.25, 0.3) is 0 Å². The third-order valence-electron chi connectivity index (χ3n) is 3.00. The van der Waals surface area contributed by atoms with E-state index >= 15 is 0 Å². The van der Waals surface area contributed by atoms with Crippen molar-refractivity contribution >= 4 is 10.8 Å². The lowest BCUT2D eigenvalue weighted by molar-refractivity contribution is 0.0822. The summed E-state index contributed by atoms with van der Waals surface area (Å²) in [5.74, 6) is 0.751. The molecule has 3 aromatic rings. The minimum absolute atomic E-state index is 0.387. The van der Waals surface area contributed by atoms with E-state index in [0.717, 1.165) is 35.1 Å². The van der Waals surface area contributed by atoms with Crippen molar-refractivity contribution in [2.45, 2.75) is 26.4 Å². The van der Waals surface area contributed by atoms with E-state index in [9.17, 15) is 0 Å². The van der Waals surface area contributed by atoms with Crippen LogP contribution in [0.25, 0.3) is 10.8 Å². The summed E-state index contributed by atoms with van der Waals surface area (Å²) in [5.41, 5.74) is 0.985. The molecule has 0 aliphatic heterocycles. The fraction of sp³-hybridized carbons (Fsp3) is 0.267. The first-order valence-electron chi connectivity index (χ1n) is 6.49. The van der Waals surface area contributed by atoms with Crippen LogP contribution in [-0.2, 0) is 13.0 Å². The third-order valence-corrected chi connectivity index (χ3v) is 3.00. The van der Waals surface area contributed by atoms with Crippen LogP contribution in [0.1, 0.15) is 24.8 Å². The standard InChI is InChI=1S/C15H16N2O2/c1-2-5-14-8-15(19-16-14)11-18-17-9-12-6-3-4-7-13(12)10-17/h3-4,6-10H,2,5,11H2,1H3. The Morgan fingerprint density at radius 3 is 2.63 bits per heavy atom. The summed E-state index contributed by atoms with van der Waals surface area (Å²) in [5, 5.41) is 6.31. The van der Waals surface area contributed by atoms with Crippen LogP contribution in [-0.4, -0.2) is 9.89 Å².